The lowest BCUT2D eigenvalue weighted by atomic mass is 10.1. The Bertz CT molecular complexity index is 633. The third-order valence-electron chi connectivity index (χ3n) is 4.03. The fraction of sp³-hybridized carbons (Fsp3) is 0.353. The summed E-state index contributed by atoms with van der Waals surface area (Å²) in [5, 5.41) is 5.30. The Hall–Kier alpha value is -1.91. The third kappa shape index (κ3) is 3.60. The average molecular weight is 283 g/mol. The molecule has 4 heteroatoms. The molecule has 0 saturated carbocycles. The summed E-state index contributed by atoms with van der Waals surface area (Å²) in [6.07, 6.45) is 1.95. The van der Waals surface area contributed by atoms with E-state index in [1.807, 2.05) is 30.3 Å². The zero-order valence-electron chi connectivity index (χ0n) is 12.1. The lowest BCUT2D eigenvalue weighted by Gasteiger charge is -2.29. The van der Waals surface area contributed by atoms with Gasteiger partial charge in [-0.25, -0.2) is 0 Å². The van der Waals surface area contributed by atoms with E-state index < -0.39 is 0 Å². The van der Waals surface area contributed by atoms with Crippen LogP contribution in [-0.4, -0.2) is 36.5 Å². The van der Waals surface area contributed by atoms with Crippen molar-refractivity contribution in [2.45, 2.75) is 18.9 Å². The van der Waals surface area contributed by atoms with Crippen molar-refractivity contribution < 1.29 is 4.79 Å². The summed E-state index contributed by atoms with van der Waals surface area (Å²) in [4.78, 5) is 14.3. The van der Waals surface area contributed by atoms with Crippen LogP contribution in [0.4, 0.5) is 5.69 Å². The molecule has 4 nitrogen and oxygen atoms in total. The first-order chi connectivity index (χ1) is 10.2. The van der Waals surface area contributed by atoms with Crippen molar-refractivity contribution in [2.75, 3.05) is 25.0 Å². The Kier molecular flexibility index (Phi) is 4.18. The van der Waals surface area contributed by atoms with Gasteiger partial charge in [0, 0.05) is 24.8 Å². The number of benzene rings is 2. The van der Waals surface area contributed by atoms with E-state index in [0.717, 1.165) is 37.0 Å². The predicted octanol–water partition coefficient (Wildman–Crippen LogP) is 2.20. The number of amides is 1. The number of nitrogens with two attached hydrogens (primary N) is 1. The molecule has 21 heavy (non-hydrogen) atoms. The third-order valence-corrected chi connectivity index (χ3v) is 4.03. The predicted molar refractivity (Wildman–Crippen MR) is 86.2 cm³/mol. The SMILES string of the molecule is NC1CCN(CC(=O)Nc2ccc3ccccc3c2)CC1. The highest BCUT2D eigenvalue weighted by Crippen LogP contribution is 2.19. The molecule has 3 rings (SSSR count). The summed E-state index contributed by atoms with van der Waals surface area (Å²) in [7, 11) is 0. The summed E-state index contributed by atoms with van der Waals surface area (Å²) in [5.41, 5.74) is 6.73. The van der Waals surface area contributed by atoms with Gasteiger partial charge in [0.25, 0.3) is 0 Å². The molecule has 1 heterocycles. The Morgan fingerprint density at radius 3 is 2.62 bits per heavy atom. The maximum atomic E-state index is 12.1. The van der Waals surface area contributed by atoms with Crippen molar-refractivity contribution >= 4 is 22.4 Å². The van der Waals surface area contributed by atoms with Crippen LogP contribution in [0, 0.1) is 0 Å². The fourth-order valence-electron chi connectivity index (χ4n) is 2.78. The minimum absolute atomic E-state index is 0.0424. The van der Waals surface area contributed by atoms with Gasteiger partial charge in [-0.05, 0) is 35.7 Å². The summed E-state index contributed by atoms with van der Waals surface area (Å²) in [6.45, 7) is 2.26. The van der Waals surface area contributed by atoms with Gasteiger partial charge in [-0.2, -0.15) is 0 Å². The second-order valence-electron chi connectivity index (χ2n) is 5.72. The Morgan fingerprint density at radius 1 is 1.14 bits per heavy atom. The molecule has 0 aromatic heterocycles. The molecule has 0 radical (unpaired) electrons. The van der Waals surface area contributed by atoms with Crippen LogP contribution >= 0.6 is 0 Å². The van der Waals surface area contributed by atoms with Crippen molar-refractivity contribution in [1.82, 2.24) is 4.90 Å². The quantitative estimate of drug-likeness (QED) is 0.908. The largest absolute Gasteiger partial charge is 0.328 e. The van der Waals surface area contributed by atoms with Crippen molar-refractivity contribution in [3.63, 3.8) is 0 Å². The van der Waals surface area contributed by atoms with E-state index in [1.165, 1.54) is 5.39 Å². The van der Waals surface area contributed by atoms with Crippen LogP contribution in [0.2, 0.25) is 0 Å². The van der Waals surface area contributed by atoms with E-state index in [1.54, 1.807) is 0 Å². The van der Waals surface area contributed by atoms with E-state index in [0.29, 0.717) is 12.6 Å². The van der Waals surface area contributed by atoms with E-state index >= 15 is 0 Å². The van der Waals surface area contributed by atoms with Gasteiger partial charge in [0.1, 0.15) is 0 Å². The molecule has 3 N–H and O–H groups in total. The number of fused-ring (bicyclic) bond motifs is 1. The highest BCUT2D eigenvalue weighted by Gasteiger charge is 2.18. The molecule has 0 unspecified atom stereocenters. The minimum atomic E-state index is 0.0424. The van der Waals surface area contributed by atoms with Gasteiger partial charge in [0.2, 0.25) is 5.91 Å². The summed E-state index contributed by atoms with van der Waals surface area (Å²) >= 11 is 0. The van der Waals surface area contributed by atoms with Gasteiger partial charge in [0.05, 0.1) is 6.54 Å². The van der Waals surface area contributed by atoms with Crippen LogP contribution in [0.3, 0.4) is 0 Å². The van der Waals surface area contributed by atoms with E-state index in [-0.39, 0.29) is 5.91 Å². The number of anilines is 1. The van der Waals surface area contributed by atoms with Crippen LogP contribution in [-0.2, 0) is 4.79 Å². The van der Waals surface area contributed by atoms with Gasteiger partial charge >= 0.3 is 0 Å². The molecular weight excluding hydrogens is 262 g/mol. The maximum absolute atomic E-state index is 12.1. The minimum Gasteiger partial charge on any atom is -0.328 e. The maximum Gasteiger partial charge on any atom is 0.238 e. The molecule has 1 aliphatic heterocycles. The number of nitrogens with zero attached hydrogens (tertiary/aromatic N) is 1. The van der Waals surface area contributed by atoms with E-state index in [4.69, 9.17) is 5.73 Å². The first-order valence-electron chi connectivity index (χ1n) is 7.47. The summed E-state index contributed by atoms with van der Waals surface area (Å²) in [5.74, 6) is 0.0424. The highest BCUT2D eigenvalue weighted by molar-refractivity contribution is 5.95. The Labute approximate surface area is 124 Å². The van der Waals surface area contributed by atoms with Crippen LogP contribution < -0.4 is 11.1 Å². The zero-order valence-corrected chi connectivity index (χ0v) is 12.1. The van der Waals surface area contributed by atoms with E-state index in [2.05, 4.69) is 22.3 Å². The van der Waals surface area contributed by atoms with E-state index in [9.17, 15) is 4.79 Å². The molecule has 110 valence electrons. The number of nitrogens with one attached hydrogen (secondary N) is 1. The monoisotopic (exact) mass is 283 g/mol. The normalized spacial score (nSPS) is 17.0. The molecule has 1 saturated heterocycles. The topological polar surface area (TPSA) is 58.4 Å². The van der Waals surface area contributed by atoms with Crippen molar-refractivity contribution in [1.29, 1.82) is 0 Å². The van der Waals surface area contributed by atoms with Gasteiger partial charge < -0.3 is 11.1 Å². The molecule has 1 aliphatic rings. The molecule has 2 aromatic rings. The number of carbonyl (C=O) groups is 1. The lowest BCUT2D eigenvalue weighted by Crippen LogP contribution is -2.43. The van der Waals surface area contributed by atoms with Gasteiger partial charge in [-0.15, -0.1) is 0 Å². The second kappa shape index (κ2) is 6.24. The Balaban J connectivity index is 1.60. The molecular formula is C17H21N3O. The van der Waals surface area contributed by atoms with Crippen LogP contribution in [0.1, 0.15) is 12.8 Å². The summed E-state index contributed by atoms with van der Waals surface area (Å²) in [6, 6.07) is 14.4. The second-order valence-corrected chi connectivity index (χ2v) is 5.72. The first kappa shape index (κ1) is 14.0. The lowest BCUT2D eigenvalue weighted by molar-refractivity contribution is -0.117. The number of piperidine rings is 1. The molecule has 1 amide bonds. The molecule has 2 aromatic carbocycles. The average Bonchev–Trinajstić information content (AvgIpc) is 2.49. The van der Waals surface area contributed by atoms with Crippen molar-refractivity contribution in [3.8, 4) is 0 Å². The highest BCUT2D eigenvalue weighted by atomic mass is 16.2. The number of hydrogen-bond acceptors (Lipinski definition) is 3. The molecule has 1 fully saturated rings. The van der Waals surface area contributed by atoms with Gasteiger partial charge in [-0.3, -0.25) is 9.69 Å². The number of rotatable bonds is 3. The molecule has 0 spiro atoms. The van der Waals surface area contributed by atoms with Gasteiger partial charge in [-0.1, -0.05) is 30.3 Å². The molecule has 0 atom stereocenters. The number of likely N-dealkylation sites (tertiary alicyclic amines) is 1. The Morgan fingerprint density at radius 2 is 1.86 bits per heavy atom. The summed E-state index contributed by atoms with van der Waals surface area (Å²) < 4.78 is 0. The molecule has 0 bridgehead atoms. The fourth-order valence-corrected chi connectivity index (χ4v) is 2.78. The zero-order chi connectivity index (χ0) is 14.7. The number of carbonyl (C=O) groups excluding carboxylic acids is 1. The standard InChI is InChI=1S/C17H21N3O/c18-15-7-9-20(10-8-15)12-17(21)19-16-6-5-13-3-1-2-4-14(13)11-16/h1-6,11,15H,7-10,12,18H2,(H,19,21). The van der Waals surface area contributed by atoms with Gasteiger partial charge in [0.15, 0.2) is 0 Å². The van der Waals surface area contributed by atoms with Crippen LogP contribution in [0.25, 0.3) is 10.8 Å². The smallest absolute Gasteiger partial charge is 0.238 e. The van der Waals surface area contributed by atoms with Crippen LogP contribution in [0.5, 0.6) is 0 Å². The molecule has 0 aliphatic carbocycles. The number of hydrogen-bond donors (Lipinski definition) is 2. The first-order valence-corrected chi connectivity index (χ1v) is 7.47. The van der Waals surface area contributed by atoms with Crippen molar-refractivity contribution in [2.24, 2.45) is 5.73 Å². The van der Waals surface area contributed by atoms with Crippen LogP contribution in [0.15, 0.2) is 42.5 Å². The van der Waals surface area contributed by atoms with Crippen molar-refractivity contribution in [3.05, 3.63) is 42.5 Å².